The normalized spacial score (nSPS) is 17.6. The molecule has 0 aliphatic carbocycles. The molecule has 2 nitrogen and oxygen atoms in total. The Labute approximate surface area is 131 Å². The van der Waals surface area contributed by atoms with E-state index in [0.29, 0.717) is 0 Å². The van der Waals surface area contributed by atoms with E-state index in [-0.39, 0.29) is 0 Å². The van der Waals surface area contributed by atoms with Crippen LogP contribution in [0.3, 0.4) is 0 Å². The van der Waals surface area contributed by atoms with Gasteiger partial charge in [-0.05, 0) is 55.2 Å². The zero-order valence-electron chi connectivity index (χ0n) is 12.5. The molecule has 0 unspecified atom stereocenters. The van der Waals surface area contributed by atoms with Gasteiger partial charge in [-0.3, -0.25) is 0 Å². The molecule has 0 N–H and O–H groups in total. The number of piperidine rings is 1. The van der Waals surface area contributed by atoms with Gasteiger partial charge in [-0.2, -0.15) is 0 Å². The standard InChI is InChI=1S/C16H23ClN2S/c1-4-13-11-14(17)5-6-15(13)18-16(20-3)19-9-7-12(2)8-10-19/h5-6,11-12H,4,7-10H2,1-3H3. The van der Waals surface area contributed by atoms with Gasteiger partial charge in [-0.25, -0.2) is 4.99 Å². The fourth-order valence-electron chi connectivity index (χ4n) is 2.49. The van der Waals surface area contributed by atoms with Crippen molar-refractivity contribution in [3.05, 3.63) is 28.8 Å². The van der Waals surface area contributed by atoms with E-state index < -0.39 is 0 Å². The summed E-state index contributed by atoms with van der Waals surface area (Å²) >= 11 is 7.81. The summed E-state index contributed by atoms with van der Waals surface area (Å²) < 4.78 is 0. The SMILES string of the molecule is CCc1cc(Cl)ccc1N=C(SC)N1CCC(C)CC1. The third-order valence-electron chi connectivity index (χ3n) is 3.88. The van der Waals surface area contributed by atoms with Crippen molar-refractivity contribution in [2.45, 2.75) is 33.1 Å². The van der Waals surface area contributed by atoms with Gasteiger partial charge in [0.25, 0.3) is 0 Å². The molecule has 0 radical (unpaired) electrons. The molecule has 0 bridgehead atoms. The molecule has 1 heterocycles. The van der Waals surface area contributed by atoms with Crippen LogP contribution in [0.1, 0.15) is 32.3 Å². The maximum atomic E-state index is 6.07. The van der Waals surface area contributed by atoms with Crippen LogP contribution >= 0.6 is 23.4 Å². The van der Waals surface area contributed by atoms with Crippen LogP contribution in [0.4, 0.5) is 5.69 Å². The molecule has 0 atom stereocenters. The second kappa shape index (κ2) is 7.37. The first-order valence-electron chi connectivity index (χ1n) is 7.30. The van der Waals surface area contributed by atoms with E-state index in [1.807, 2.05) is 18.2 Å². The van der Waals surface area contributed by atoms with E-state index in [1.165, 1.54) is 18.4 Å². The van der Waals surface area contributed by atoms with Crippen LogP contribution in [0.25, 0.3) is 0 Å². The molecule has 1 aliphatic heterocycles. The van der Waals surface area contributed by atoms with Crippen molar-refractivity contribution < 1.29 is 0 Å². The molecular formula is C16H23ClN2S. The van der Waals surface area contributed by atoms with Gasteiger partial charge in [-0.15, -0.1) is 0 Å². The second-order valence-electron chi connectivity index (χ2n) is 5.39. The van der Waals surface area contributed by atoms with E-state index in [2.05, 4.69) is 25.0 Å². The number of aliphatic imine (C=N–C) groups is 1. The quantitative estimate of drug-likeness (QED) is 0.565. The first-order chi connectivity index (χ1) is 9.63. The number of aryl methyl sites for hydroxylation is 1. The number of amidine groups is 1. The number of likely N-dealkylation sites (tertiary alicyclic amines) is 1. The predicted octanol–water partition coefficient (Wildman–Crippen LogP) is 4.98. The third-order valence-corrected chi connectivity index (χ3v) is 4.82. The monoisotopic (exact) mass is 310 g/mol. The maximum absolute atomic E-state index is 6.07. The molecule has 0 saturated carbocycles. The highest BCUT2D eigenvalue weighted by atomic mass is 35.5. The third kappa shape index (κ3) is 3.92. The number of thioether (sulfide) groups is 1. The van der Waals surface area contributed by atoms with Gasteiger partial charge < -0.3 is 4.90 Å². The van der Waals surface area contributed by atoms with Crippen LogP contribution in [0, 0.1) is 5.92 Å². The van der Waals surface area contributed by atoms with Crippen LogP contribution in [0.15, 0.2) is 23.2 Å². The Hall–Kier alpha value is -0.670. The highest BCUT2D eigenvalue weighted by molar-refractivity contribution is 8.13. The molecule has 4 heteroatoms. The molecule has 1 saturated heterocycles. The van der Waals surface area contributed by atoms with Gasteiger partial charge in [0.15, 0.2) is 5.17 Å². The highest BCUT2D eigenvalue weighted by Gasteiger charge is 2.18. The van der Waals surface area contributed by atoms with Crippen molar-refractivity contribution >= 4 is 34.2 Å². The smallest absolute Gasteiger partial charge is 0.164 e. The lowest BCUT2D eigenvalue weighted by atomic mass is 10.00. The number of hydrogen-bond acceptors (Lipinski definition) is 2. The summed E-state index contributed by atoms with van der Waals surface area (Å²) in [5.74, 6) is 0.844. The van der Waals surface area contributed by atoms with Gasteiger partial charge in [0.05, 0.1) is 5.69 Å². The molecule has 1 aromatic carbocycles. The zero-order valence-corrected chi connectivity index (χ0v) is 14.1. The fraction of sp³-hybridized carbons (Fsp3) is 0.562. The summed E-state index contributed by atoms with van der Waals surface area (Å²) in [5, 5.41) is 1.92. The predicted molar refractivity (Wildman–Crippen MR) is 91.4 cm³/mol. The molecule has 0 spiro atoms. The fourth-order valence-corrected chi connectivity index (χ4v) is 3.32. The maximum Gasteiger partial charge on any atom is 0.164 e. The topological polar surface area (TPSA) is 15.6 Å². The minimum atomic E-state index is 0.790. The van der Waals surface area contributed by atoms with Crippen molar-refractivity contribution in [2.24, 2.45) is 10.9 Å². The first-order valence-corrected chi connectivity index (χ1v) is 8.90. The number of halogens is 1. The molecule has 2 rings (SSSR count). The van der Waals surface area contributed by atoms with E-state index >= 15 is 0 Å². The van der Waals surface area contributed by atoms with E-state index in [1.54, 1.807) is 11.8 Å². The summed E-state index contributed by atoms with van der Waals surface area (Å²) in [6.45, 7) is 6.72. The van der Waals surface area contributed by atoms with Crippen molar-refractivity contribution in [1.29, 1.82) is 0 Å². The van der Waals surface area contributed by atoms with Crippen molar-refractivity contribution in [1.82, 2.24) is 4.90 Å². The molecule has 1 aliphatic rings. The minimum Gasteiger partial charge on any atom is -0.351 e. The largest absolute Gasteiger partial charge is 0.351 e. The van der Waals surface area contributed by atoms with Gasteiger partial charge in [0.1, 0.15) is 0 Å². The minimum absolute atomic E-state index is 0.790. The number of benzene rings is 1. The van der Waals surface area contributed by atoms with E-state index in [9.17, 15) is 0 Å². The van der Waals surface area contributed by atoms with Crippen molar-refractivity contribution in [3.8, 4) is 0 Å². The average Bonchev–Trinajstić information content (AvgIpc) is 2.47. The van der Waals surface area contributed by atoms with Gasteiger partial charge in [0.2, 0.25) is 0 Å². The first kappa shape index (κ1) is 15.7. The lowest BCUT2D eigenvalue weighted by Gasteiger charge is -2.32. The van der Waals surface area contributed by atoms with Gasteiger partial charge in [-0.1, -0.05) is 37.2 Å². The van der Waals surface area contributed by atoms with Crippen LogP contribution in [0.2, 0.25) is 5.02 Å². The van der Waals surface area contributed by atoms with Crippen LogP contribution in [-0.2, 0) is 6.42 Å². The van der Waals surface area contributed by atoms with Crippen LogP contribution < -0.4 is 0 Å². The highest BCUT2D eigenvalue weighted by Crippen LogP contribution is 2.27. The van der Waals surface area contributed by atoms with Gasteiger partial charge in [0, 0.05) is 18.1 Å². The van der Waals surface area contributed by atoms with Gasteiger partial charge >= 0.3 is 0 Å². The Morgan fingerprint density at radius 3 is 2.70 bits per heavy atom. The lowest BCUT2D eigenvalue weighted by molar-refractivity contribution is 0.284. The lowest BCUT2D eigenvalue weighted by Crippen LogP contribution is -2.36. The number of rotatable bonds is 2. The van der Waals surface area contributed by atoms with E-state index in [4.69, 9.17) is 16.6 Å². The Bertz CT molecular complexity index is 479. The van der Waals surface area contributed by atoms with E-state index in [0.717, 1.165) is 41.3 Å². The second-order valence-corrected chi connectivity index (χ2v) is 6.60. The van der Waals surface area contributed by atoms with Crippen LogP contribution in [-0.4, -0.2) is 29.4 Å². The van der Waals surface area contributed by atoms with Crippen LogP contribution in [0.5, 0.6) is 0 Å². The molecule has 110 valence electrons. The zero-order chi connectivity index (χ0) is 14.5. The van der Waals surface area contributed by atoms with Crippen molar-refractivity contribution in [2.75, 3.05) is 19.3 Å². The Morgan fingerprint density at radius 2 is 2.10 bits per heavy atom. The summed E-state index contributed by atoms with van der Waals surface area (Å²) in [6.07, 6.45) is 5.60. The molecule has 1 fully saturated rings. The summed E-state index contributed by atoms with van der Waals surface area (Å²) in [5.41, 5.74) is 2.27. The molecule has 1 aromatic rings. The molecule has 0 amide bonds. The Kier molecular flexibility index (Phi) is 5.79. The summed E-state index contributed by atoms with van der Waals surface area (Å²) in [7, 11) is 0. The Morgan fingerprint density at radius 1 is 1.40 bits per heavy atom. The number of nitrogens with zero attached hydrogens (tertiary/aromatic N) is 2. The summed E-state index contributed by atoms with van der Waals surface area (Å²) in [4.78, 5) is 7.30. The molecule has 0 aromatic heterocycles. The average molecular weight is 311 g/mol. The summed E-state index contributed by atoms with van der Waals surface area (Å²) in [6, 6.07) is 5.98. The number of hydrogen-bond donors (Lipinski definition) is 0. The molecular weight excluding hydrogens is 288 g/mol. The molecule has 20 heavy (non-hydrogen) atoms. The van der Waals surface area contributed by atoms with Crippen molar-refractivity contribution in [3.63, 3.8) is 0 Å². The Balaban J connectivity index is 2.22.